The number of cyclic esters (lactones) is 1. The van der Waals surface area contributed by atoms with Gasteiger partial charge in [-0.1, -0.05) is 57.2 Å². The molecule has 3 aromatic rings. The summed E-state index contributed by atoms with van der Waals surface area (Å²) in [5.41, 5.74) is 3.11. The van der Waals surface area contributed by atoms with Gasteiger partial charge in [0.2, 0.25) is 5.91 Å². The second-order valence-electron chi connectivity index (χ2n) is 10.8. The lowest BCUT2D eigenvalue weighted by atomic mass is 10.0. The van der Waals surface area contributed by atoms with E-state index in [1.165, 1.54) is 4.90 Å². The zero-order valence-corrected chi connectivity index (χ0v) is 22.5. The van der Waals surface area contributed by atoms with Crippen molar-refractivity contribution in [2.75, 3.05) is 0 Å². The summed E-state index contributed by atoms with van der Waals surface area (Å²) in [6.45, 7) is 14.4. The first-order valence-corrected chi connectivity index (χ1v) is 14.9. The van der Waals surface area contributed by atoms with Gasteiger partial charge in [-0.2, -0.15) is 0 Å². The Morgan fingerprint density at radius 3 is 2.51 bits per heavy atom. The number of hydrogen-bond donors (Lipinski definition) is 0. The number of aryl methyl sites for hydroxylation is 1. The molecule has 186 valence electrons. The van der Waals surface area contributed by atoms with Crippen molar-refractivity contribution in [3.8, 4) is 0 Å². The third kappa shape index (κ3) is 5.04. The number of carbonyl (C=O) groups excluding carboxylic acids is 2. The Balaban J connectivity index is 1.63. The Bertz CT molecular complexity index is 1230. The van der Waals surface area contributed by atoms with Gasteiger partial charge in [0.1, 0.15) is 11.6 Å². The molecule has 0 N–H and O–H groups in total. The van der Waals surface area contributed by atoms with Crippen molar-refractivity contribution >= 4 is 31.4 Å². The molecule has 2 amide bonds. The van der Waals surface area contributed by atoms with Crippen molar-refractivity contribution in [2.24, 2.45) is 0 Å². The number of benzene rings is 2. The average molecular weight is 495 g/mol. The molecule has 2 aromatic carbocycles. The standard InChI is InChI=1S/C27H34N2O5Si/c1-17-25(19-11-9-8-10-12-19)33-26(31)29(17)24(30)16-23(34-35(6,7)27(3,4)5)20-13-14-22-21(15-20)28-18(2)32-22/h8-15,17,23,25H,16H2,1-7H3/t17-,23+,25-/m0/s1. The van der Waals surface area contributed by atoms with E-state index in [0.717, 1.165) is 16.6 Å². The van der Waals surface area contributed by atoms with E-state index in [9.17, 15) is 9.59 Å². The Morgan fingerprint density at radius 1 is 1.17 bits per heavy atom. The molecule has 0 aliphatic carbocycles. The van der Waals surface area contributed by atoms with Crippen LogP contribution in [0.2, 0.25) is 18.1 Å². The molecule has 35 heavy (non-hydrogen) atoms. The lowest BCUT2D eigenvalue weighted by molar-refractivity contribution is -0.131. The highest BCUT2D eigenvalue weighted by molar-refractivity contribution is 6.74. The highest BCUT2D eigenvalue weighted by Crippen LogP contribution is 2.42. The third-order valence-electron chi connectivity index (χ3n) is 7.16. The molecule has 0 unspecified atom stereocenters. The molecule has 8 heteroatoms. The second kappa shape index (κ2) is 9.24. The van der Waals surface area contributed by atoms with Crippen LogP contribution in [-0.2, 0) is 14.0 Å². The van der Waals surface area contributed by atoms with Crippen LogP contribution in [0.5, 0.6) is 0 Å². The van der Waals surface area contributed by atoms with Crippen LogP contribution in [0.3, 0.4) is 0 Å². The number of hydrogen-bond acceptors (Lipinski definition) is 6. The monoisotopic (exact) mass is 494 g/mol. The first kappa shape index (κ1) is 25.1. The Morgan fingerprint density at radius 2 is 1.86 bits per heavy atom. The molecule has 0 saturated carbocycles. The van der Waals surface area contributed by atoms with Gasteiger partial charge >= 0.3 is 6.09 Å². The molecule has 7 nitrogen and oxygen atoms in total. The van der Waals surface area contributed by atoms with Crippen LogP contribution in [0.4, 0.5) is 4.79 Å². The fourth-order valence-corrected chi connectivity index (χ4v) is 5.44. The molecular weight excluding hydrogens is 460 g/mol. The van der Waals surface area contributed by atoms with Gasteiger partial charge in [-0.15, -0.1) is 0 Å². The summed E-state index contributed by atoms with van der Waals surface area (Å²) in [5.74, 6) is 0.261. The fraction of sp³-hybridized carbons (Fsp3) is 0.444. The maximum absolute atomic E-state index is 13.6. The molecule has 2 heterocycles. The van der Waals surface area contributed by atoms with E-state index in [-0.39, 0.29) is 17.4 Å². The molecule has 1 aliphatic rings. The lowest BCUT2D eigenvalue weighted by Crippen LogP contribution is -2.44. The first-order valence-electron chi connectivity index (χ1n) is 12.0. The minimum Gasteiger partial charge on any atom is -0.441 e. The fourth-order valence-electron chi connectivity index (χ4n) is 4.16. The van der Waals surface area contributed by atoms with E-state index >= 15 is 0 Å². The van der Waals surface area contributed by atoms with Crippen LogP contribution in [0, 0.1) is 6.92 Å². The maximum atomic E-state index is 13.6. The summed E-state index contributed by atoms with van der Waals surface area (Å²) < 4.78 is 18.0. The molecule has 4 rings (SSSR count). The number of nitrogens with zero attached hydrogens (tertiary/aromatic N) is 2. The summed E-state index contributed by atoms with van der Waals surface area (Å²) in [7, 11) is -2.25. The highest BCUT2D eigenvalue weighted by Gasteiger charge is 2.45. The predicted octanol–water partition coefficient (Wildman–Crippen LogP) is 6.70. The predicted molar refractivity (Wildman–Crippen MR) is 136 cm³/mol. The van der Waals surface area contributed by atoms with E-state index in [1.807, 2.05) is 55.5 Å². The normalized spacial score (nSPS) is 19.7. The topological polar surface area (TPSA) is 81.9 Å². The number of imide groups is 1. The molecular formula is C27H34N2O5Si. The number of ether oxygens (including phenoxy) is 1. The maximum Gasteiger partial charge on any atom is 0.417 e. The Kier molecular flexibility index (Phi) is 6.63. The van der Waals surface area contributed by atoms with Crippen molar-refractivity contribution in [3.63, 3.8) is 0 Å². The SMILES string of the molecule is Cc1nc2cc([C@@H](CC(=O)N3C(=O)O[C@H](c4ccccc4)[C@@H]3C)O[Si](C)(C)C(C)(C)C)ccc2o1. The van der Waals surface area contributed by atoms with Crippen molar-refractivity contribution in [2.45, 2.75) is 77.4 Å². The Labute approximate surface area is 207 Å². The smallest absolute Gasteiger partial charge is 0.417 e. The summed E-state index contributed by atoms with van der Waals surface area (Å²) in [4.78, 5) is 32.0. The van der Waals surface area contributed by atoms with E-state index in [1.54, 1.807) is 6.92 Å². The number of oxazole rings is 1. The lowest BCUT2D eigenvalue weighted by Gasteiger charge is -2.39. The number of carbonyl (C=O) groups is 2. The van der Waals surface area contributed by atoms with Crippen molar-refractivity contribution < 1.29 is 23.2 Å². The van der Waals surface area contributed by atoms with Crippen LogP contribution >= 0.6 is 0 Å². The number of rotatable bonds is 6. The minimum absolute atomic E-state index is 0.0236. The van der Waals surface area contributed by atoms with Crippen LogP contribution < -0.4 is 0 Å². The van der Waals surface area contributed by atoms with Gasteiger partial charge in [-0.05, 0) is 48.3 Å². The summed E-state index contributed by atoms with van der Waals surface area (Å²) in [6, 6.07) is 14.8. The van der Waals surface area contributed by atoms with Gasteiger partial charge in [0.05, 0.1) is 18.6 Å². The Hall–Kier alpha value is -2.97. The molecule has 1 saturated heterocycles. The quantitative estimate of drug-likeness (QED) is 0.355. The first-order chi connectivity index (χ1) is 16.4. The van der Waals surface area contributed by atoms with Gasteiger partial charge in [0.15, 0.2) is 19.8 Å². The molecule has 0 bridgehead atoms. The van der Waals surface area contributed by atoms with Crippen molar-refractivity contribution in [3.05, 3.63) is 65.5 Å². The number of amides is 2. The number of fused-ring (bicyclic) bond motifs is 1. The molecule has 0 radical (unpaired) electrons. The van der Waals surface area contributed by atoms with Crippen LogP contribution in [0.15, 0.2) is 52.9 Å². The highest BCUT2D eigenvalue weighted by atomic mass is 28.4. The van der Waals surface area contributed by atoms with Crippen molar-refractivity contribution in [1.29, 1.82) is 0 Å². The van der Waals surface area contributed by atoms with E-state index in [0.29, 0.717) is 11.5 Å². The van der Waals surface area contributed by atoms with Crippen molar-refractivity contribution in [1.82, 2.24) is 9.88 Å². The van der Waals surface area contributed by atoms with Gasteiger partial charge in [-0.25, -0.2) is 14.7 Å². The van der Waals surface area contributed by atoms with Gasteiger partial charge in [0.25, 0.3) is 0 Å². The summed E-state index contributed by atoms with van der Waals surface area (Å²) in [5, 5.41) is -0.0544. The van der Waals surface area contributed by atoms with E-state index in [2.05, 4.69) is 38.8 Å². The van der Waals surface area contributed by atoms with Gasteiger partial charge in [0, 0.05) is 6.92 Å². The largest absolute Gasteiger partial charge is 0.441 e. The minimum atomic E-state index is -2.25. The molecule has 1 aliphatic heterocycles. The molecule has 1 fully saturated rings. The van der Waals surface area contributed by atoms with Gasteiger partial charge < -0.3 is 13.6 Å². The van der Waals surface area contributed by atoms with Crippen LogP contribution in [0.1, 0.15) is 63.3 Å². The zero-order valence-electron chi connectivity index (χ0n) is 21.5. The van der Waals surface area contributed by atoms with E-state index in [4.69, 9.17) is 13.6 Å². The van der Waals surface area contributed by atoms with Gasteiger partial charge in [-0.3, -0.25) is 4.79 Å². The number of aromatic nitrogens is 1. The van der Waals surface area contributed by atoms with Crippen LogP contribution in [0.25, 0.3) is 11.1 Å². The average Bonchev–Trinajstić information content (AvgIpc) is 3.30. The van der Waals surface area contributed by atoms with E-state index < -0.39 is 32.7 Å². The third-order valence-corrected chi connectivity index (χ3v) is 11.6. The molecule has 0 spiro atoms. The summed E-state index contributed by atoms with van der Waals surface area (Å²) >= 11 is 0. The second-order valence-corrected chi connectivity index (χ2v) is 15.5. The summed E-state index contributed by atoms with van der Waals surface area (Å²) in [6.07, 6.45) is -1.62. The zero-order chi connectivity index (χ0) is 25.5. The molecule has 1 aromatic heterocycles. The van der Waals surface area contributed by atoms with Crippen LogP contribution in [-0.4, -0.2) is 36.2 Å². The molecule has 3 atom stereocenters.